The van der Waals surface area contributed by atoms with Gasteiger partial charge in [-0.25, -0.2) is 0 Å². The maximum absolute atomic E-state index is 13.6. The van der Waals surface area contributed by atoms with Gasteiger partial charge in [0.2, 0.25) is 5.91 Å². The fourth-order valence-electron chi connectivity index (χ4n) is 4.80. The largest absolute Gasteiger partial charge is 0.507 e. The van der Waals surface area contributed by atoms with Crippen LogP contribution in [0.3, 0.4) is 0 Å². The first-order valence-electron chi connectivity index (χ1n) is 11.0. The third-order valence-corrected chi connectivity index (χ3v) is 6.80. The van der Waals surface area contributed by atoms with Crippen LogP contribution in [-0.4, -0.2) is 41.5 Å². The van der Waals surface area contributed by atoms with Crippen LogP contribution in [0.4, 0.5) is 11.4 Å². The molecule has 1 atom stereocenters. The highest BCUT2D eigenvalue weighted by Gasteiger charge is 2.35. The Balaban J connectivity index is 1.72. The van der Waals surface area contributed by atoms with Crippen LogP contribution in [0.2, 0.25) is 0 Å². The fraction of sp³-hybridized carbons (Fsp3) is 0.440. The fourth-order valence-corrected chi connectivity index (χ4v) is 4.80. The molecule has 4 rings (SSSR count). The number of hydrogen-bond acceptors (Lipinski definition) is 4. The van der Waals surface area contributed by atoms with Crippen LogP contribution in [0.1, 0.15) is 53.6 Å². The van der Waals surface area contributed by atoms with Gasteiger partial charge in [-0.3, -0.25) is 9.59 Å². The first-order valence-corrected chi connectivity index (χ1v) is 11.0. The lowest BCUT2D eigenvalue weighted by Crippen LogP contribution is -2.44. The van der Waals surface area contributed by atoms with Crippen LogP contribution < -0.4 is 10.2 Å². The van der Waals surface area contributed by atoms with E-state index in [1.165, 1.54) is 19.8 Å². The summed E-state index contributed by atoms with van der Waals surface area (Å²) in [6.07, 6.45) is 3.11. The third kappa shape index (κ3) is 3.87. The molecule has 2 aliphatic rings. The van der Waals surface area contributed by atoms with Gasteiger partial charge < -0.3 is 20.2 Å². The highest BCUT2D eigenvalue weighted by molar-refractivity contribution is 5.99. The van der Waals surface area contributed by atoms with Crippen molar-refractivity contribution in [3.8, 4) is 5.75 Å². The number of hydrogen-bond donors (Lipinski definition) is 2. The van der Waals surface area contributed by atoms with Crippen molar-refractivity contribution in [2.24, 2.45) is 0 Å². The van der Waals surface area contributed by atoms with Crippen molar-refractivity contribution in [1.82, 2.24) is 4.90 Å². The molecule has 2 heterocycles. The lowest BCUT2D eigenvalue weighted by molar-refractivity contribution is -0.137. The molecule has 2 aromatic rings. The number of benzene rings is 2. The van der Waals surface area contributed by atoms with Crippen LogP contribution in [0, 0.1) is 20.8 Å². The molecule has 1 saturated heterocycles. The van der Waals surface area contributed by atoms with E-state index in [2.05, 4.69) is 28.4 Å². The molecule has 2 amide bonds. The summed E-state index contributed by atoms with van der Waals surface area (Å²) in [4.78, 5) is 30.0. The first-order chi connectivity index (χ1) is 14.8. The zero-order valence-corrected chi connectivity index (χ0v) is 18.8. The molecule has 2 aliphatic heterocycles. The number of anilines is 2. The van der Waals surface area contributed by atoms with Gasteiger partial charge in [-0.15, -0.1) is 0 Å². The number of nitrogens with zero attached hydrogens (tertiary/aromatic N) is 2. The van der Waals surface area contributed by atoms with E-state index in [4.69, 9.17) is 0 Å². The second-order valence-corrected chi connectivity index (χ2v) is 8.77. The van der Waals surface area contributed by atoms with Crippen molar-refractivity contribution >= 4 is 23.2 Å². The van der Waals surface area contributed by atoms with Gasteiger partial charge in [0.05, 0.1) is 0 Å². The molecule has 0 saturated carbocycles. The molecule has 1 unspecified atom stereocenters. The van der Waals surface area contributed by atoms with Crippen molar-refractivity contribution in [2.75, 3.05) is 29.9 Å². The number of aryl methyl sites for hydroxylation is 1. The van der Waals surface area contributed by atoms with E-state index in [0.29, 0.717) is 17.8 Å². The Morgan fingerprint density at radius 3 is 2.42 bits per heavy atom. The van der Waals surface area contributed by atoms with Crippen molar-refractivity contribution in [1.29, 1.82) is 0 Å². The van der Waals surface area contributed by atoms with Crippen molar-refractivity contribution < 1.29 is 14.7 Å². The maximum atomic E-state index is 13.6. The predicted molar refractivity (Wildman–Crippen MR) is 123 cm³/mol. The van der Waals surface area contributed by atoms with Crippen molar-refractivity contribution in [3.05, 3.63) is 52.1 Å². The number of fused-ring (bicyclic) bond motifs is 1. The lowest BCUT2D eigenvalue weighted by atomic mass is 9.91. The van der Waals surface area contributed by atoms with Gasteiger partial charge in [-0.1, -0.05) is 6.07 Å². The second kappa shape index (κ2) is 8.25. The van der Waals surface area contributed by atoms with E-state index in [-0.39, 0.29) is 17.6 Å². The average molecular weight is 422 g/mol. The summed E-state index contributed by atoms with van der Waals surface area (Å²) in [5.41, 5.74) is 6.11. The first kappa shape index (κ1) is 21.2. The SMILES string of the molecule is CC(=O)N1CCc2ccc(N3CCCC3)cc2C1C(=O)Nc1cc(C)c(O)c(C)c1C. The van der Waals surface area contributed by atoms with Gasteiger partial charge in [0.25, 0.3) is 5.91 Å². The summed E-state index contributed by atoms with van der Waals surface area (Å²) in [6.45, 7) is 9.64. The van der Waals surface area contributed by atoms with E-state index in [1.54, 1.807) is 11.0 Å². The van der Waals surface area contributed by atoms with Crippen LogP contribution >= 0.6 is 0 Å². The highest BCUT2D eigenvalue weighted by atomic mass is 16.3. The van der Waals surface area contributed by atoms with Crippen molar-refractivity contribution in [2.45, 2.75) is 53.0 Å². The van der Waals surface area contributed by atoms with Gasteiger partial charge in [-0.2, -0.15) is 0 Å². The minimum absolute atomic E-state index is 0.104. The molecule has 0 aliphatic carbocycles. The zero-order valence-electron chi connectivity index (χ0n) is 18.8. The third-order valence-electron chi connectivity index (χ3n) is 6.80. The summed E-state index contributed by atoms with van der Waals surface area (Å²) >= 11 is 0. The normalized spacial score (nSPS) is 18.1. The Labute approximate surface area is 183 Å². The number of rotatable bonds is 3. The lowest BCUT2D eigenvalue weighted by Gasteiger charge is -2.36. The number of aromatic hydroxyl groups is 1. The minimum atomic E-state index is -0.669. The van der Waals surface area contributed by atoms with Crippen LogP contribution in [-0.2, 0) is 16.0 Å². The Hall–Kier alpha value is -3.02. The molecule has 0 aromatic heterocycles. The summed E-state index contributed by atoms with van der Waals surface area (Å²) in [5, 5.41) is 13.2. The van der Waals surface area contributed by atoms with Gasteiger partial charge in [0, 0.05) is 37.9 Å². The minimum Gasteiger partial charge on any atom is -0.507 e. The summed E-state index contributed by atoms with van der Waals surface area (Å²) in [5.74, 6) is -0.0754. The molecule has 31 heavy (non-hydrogen) atoms. The number of amides is 2. The Morgan fingerprint density at radius 2 is 1.74 bits per heavy atom. The van der Waals surface area contributed by atoms with E-state index in [1.807, 2.05) is 20.8 Å². The smallest absolute Gasteiger partial charge is 0.251 e. The molecular weight excluding hydrogens is 390 g/mol. The van der Waals surface area contributed by atoms with E-state index in [0.717, 1.165) is 47.5 Å². The number of carbonyl (C=O) groups is 2. The zero-order chi connectivity index (χ0) is 22.3. The Morgan fingerprint density at radius 1 is 1.03 bits per heavy atom. The standard InChI is InChI=1S/C25H31N3O3/c1-15-13-22(16(2)17(3)24(15)30)26-25(31)23-21-14-20(27-10-5-6-11-27)8-7-19(21)9-12-28(23)18(4)29/h7-8,13-14,23,30H,5-6,9-12H2,1-4H3,(H,26,31). The molecule has 2 aromatic carbocycles. The predicted octanol–water partition coefficient (Wildman–Crippen LogP) is 4.00. The summed E-state index contributed by atoms with van der Waals surface area (Å²) < 4.78 is 0. The molecular formula is C25H31N3O3. The molecule has 0 spiro atoms. The Bertz CT molecular complexity index is 1040. The van der Waals surface area contributed by atoms with Gasteiger partial charge in [-0.05, 0) is 86.1 Å². The molecule has 0 radical (unpaired) electrons. The monoisotopic (exact) mass is 421 g/mol. The quantitative estimate of drug-likeness (QED) is 0.735. The van der Waals surface area contributed by atoms with E-state index in [9.17, 15) is 14.7 Å². The number of carbonyl (C=O) groups excluding carboxylic acids is 2. The van der Waals surface area contributed by atoms with Crippen LogP contribution in [0.5, 0.6) is 5.75 Å². The van der Waals surface area contributed by atoms with Gasteiger partial charge in [0.1, 0.15) is 11.8 Å². The van der Waals surface area contributed by atoms with E-state index >= 15 is 0 Å². The molecule has 6 nitrogen and oxygen atoms in total. The number of phenolic OH excluding ortho intramolecular Hbond substituents is 1. The molecule has 164 valence electrons. The number of phenols is 1. The van der Waals surface area contributed by atoms with Crippen molar-refractivity contribution in [3.63, 3.8) is 0 Å². The topological polar surface area (TPSA) is 72.9 Å². The molecule has 6 heteroatoms. The molecule has 2 N–H and O–H groups in total. The highest BCUT2D eigenvalue weighted by Crippen LogP contribution is 2.36. The maximum Gasteiger partial charge on any atom is 0.251 e. The van der Waals surface area contributed by atoms with Crippen LogP contribution in [0.25, 0.3) is 0 Å². The van der Waals surface area contributed by atoms with Gasteiger partial charge in [0.15, 0.2) is 0 Å². The van der Waals surface area contributed by atoms with E-state index < -0.39 is 6.04 Å². The second-order valence-electron chi connectivity index (χ2n) is 8.77. The summed E-state index contributed by atoms with van der Waals surface area (Å²) in [7, 11) is 0. The Kier molecular flexibility index (Phi) is 5.65. The van der Waals surface area contributed by atoms with Crippen LogP contribution in [0.15, 0.2) is 24.3 Å². The van der Waals surface area contributed by atoms with Gasteiger partial charge >= 0.3 is 0 Å². The molecule has 1 fully saturated rings. The number of nitrogens with one attached hydrogen (secondary N) is 1. The summed E-state index contributed by atoms with van der Waals surface area (Å²) in [6, 6.07) is 7.47. The average Bonchev–Trinajstić information content (AvgIpc) is 3.29. The molecule has 0 bridgehead atoms.